The van der Waals surface area contributed by atoms with Crippen LogP contribution in [0, 0.1) is 6.92 Å². The standard InChI is InChI=1S/C24H24N4O3S2/c1-4-28-23(30)22-21(20(27-33-22)16-8-6-15(3)7-9-16)26-24(28)32-14-19(29)25-17-10-12-18(13-11-17)31-5-2/h6-13H,4-5,14H2,1-3H3,(H,25,29). The van der Waals surface area contributed by atoms with Crippen molar-refractivity contribution in [3.63, 3.8) is 0 Å². The summed E-state index contributed by atoms with van der Waals surface area (Å²) >= 11 is 2.40. The summed E-state index contributed by atoms with van der Waals surface area (Å²) in [5, 5.41) is 3.37. The van der Waals surface area contributed by atoms with Crippen molar-refractivity contribution >= 4 is 45.1 Å². The molecule has 0 radical (unpaired) electrons. The third-order valence-electron chi connectivity index (χ3n) is 4.97. The summed E-state index contributed by atoms with van der Waals surface area (Å²) in [6.07, 6.45) is 0. The number of anilines is 1. The molecule has 9 heteroatoms. The van der Waals surface area contributed by atoms with Crippen LogP contribution >= 0.6 is 23.3 Å². The molecule has 170 valence electrons. The summed E-state index contributed by atoms with van der Waals surface area (Å²) in [6, 6.07) is 15.2. The first-order chi connectivity index (χ1) is 16.0. The molecule has 2 aromatic heterocycles. The van der Waals surface area contributed by atoms with Crippen molar-refractivity contribution in [1.29, 1.82) is 0 Å². The Morgan fingerprint density at radius 3 is 2.52 bits per heavy atom. The van der Waals surface area contributed by atoms with E-state index in [2.05, 4.69) is 9.69 Å². The summed E-state index contributed by atoms with van der Waals surface area (Å²) in [6.45, 7) is 6.88. The number of carbonyl (C=O) groups is 1. The number of fused-ring (bicyclic) bond motifs is 1. The number of thioether (sulfide) groups is 1. The highest BCUT2D eigenvalue weighted by Crippen LogP contribution is 2.30. The maximum Gasteiger partial charge on any atom is 0.273 e. The summed E-state index contributed by atoms with van der Waals surface area (Å²) in [5.74, 6) is 0.703. The quantitative estimate of drug-likeness (QED) is 0.283. The molecule has 0 aliphatic heterocycles. The summed E-state index contributed by atoms with van der Waals surface area (Å²) < 4.78 is 12.0. The topological polar surface area (TPSA) is 86.1 Å². The van der Waals surface area contributed by atoms with Crippen molar-refractivity contribution in [3.05, 3.63) is 64.4 Å². The van der Waals surface area contributed by atoms with E-state index in [1.54, 1.807) is 16.7 Å². The molecule has 0 saturated heterocycles. The molecule has 0 aliphatic carbocycles. The van der Waals surface area contributed by atoms with Crippen LogP contribution in [0.5, 0.6) is 5.75 Å². The highest BCUT2D eigenvalue weighted by Gasteiger charge is 2.18. The average molecular weight is 481 g/mol. The van der Waals surface area contributed by atoms with Crippen molar-refractivity contribution < 1.29 is 9.53 Å². The molecule has 4 aromatic rings. The highest BCUT2D eigenvalue weighted by molar-refractivity contribution is 7.99. The molecule has 2 aromatic carbocycles. The minimum absolute atomic E-state index is 0.128. The van der Waals surface area contributed by atoms with E-state index in [0.29, 0.717) is 39.9 Å². The number of aromatic nitrogens is 3. The molecule has 1 amide bonds. The maximum atomic E-state index is 13.1. The van der Waals surface area contributed by atoms with Gasteiger partial charge in [-0.3, -0.25) is 14.2 Å². The van der Waals surface area contributed by atoms with Crippen molar-refractivity contribution in [1.82, 2.24) is 13.9 Å². The van der Waals surface area contributed by atoms with Crippen molar-refractivity contribution in [2.24, 2.45) is 0 Å². The molecule has 7 nitrogen and oxygen atoms in total. The van der Waals surface area contributed by atoms with E-state index >= 15 is 0 Å². The molecule has 1 N–H and O–H groups in total. The van der Waals surface area contributed by atoms with E-state index in [0.717, 1.165) is 28.4 Å². The van der Waals surface area contributed by atoms with Crippen LogP contribution in [0.15, 0.2) is 58.5 Å². The lowest BCUT2D eigenvalue weighted by atomic mass is 10.1. The van der Waals surface area contributed by atoms with Gasteiger partial charge >= 0.3 is 0 Å². The highest BCUT2D eigenvalue weighted by atomic mass is 32.2. The predicted octanol–water partition coefficient (Wildman–Crippen LogP) is 4.98. The third-order valence-corrected chi connectivity index (χ3v) is 6.77. The predicted molar refractivity (Wildman–Crippen MR) is 134 cm³/mol. The fraction of sp³-hybridized carbons (Fsp3) is 0.250. The second kappa shape index (κ2) is 10.2. The Morgan fingerprint density at radius 2 is 1.85 bits per heavy atom. The number of nitrogens with zero attached hydrogens (tertiary/aromatic N) is 3. The zero-order valence-corrected chi connectivity index (χ0v) is 20.3. The van der Waals surface area contributed by atoms with E-state index in [-0.39, 0.29) is 17.2 Å². The molecule has 4 rings (SSSR count). The van der Waals surface area contributed by atoms with Crippen LogP contribution in [0.2, 0.25) is 0 Å². The molecule has 2 heterocycles. The molecule has 0 fully saturated rings. The fourth-order valence-corrected chi connectivity index (χ4v) is 4.96. The summed E-state index contributed by atoms with van der Waals surface area (Å²) in [5.41, 5.74) is 3.88. The number of hydrogen-bond donors (Lipinski definition) is 1. The van der Waals surface area contributed by atoms with E-state index in [1.807, 2.05) is 57.2 Å². The third kappa shape index (κ3) is 5.09. The SMILES string of the molecule is CCOc1ccc(NC(=O)CSc2nc3c(-c4ccc(C)cc4)nsc3c(=O)n2CC)cc1. The maximum absolute atomic E-state index is 13.1. The number of hydrogen-bond acceptors (Lipinski definition) is 7. The second-order valence-corrected chi connectivity index (χ2v) is 9.03. The Hall–Kier alpha value is -3.17. The number of amides is 1. The zero-order valence-electron chi connectivity index (χ0n) is 18.6. The summed E-state index contributed by atoms with van der Waals surface area (Å²) in [7, 11) is 0. The normalized spacial score (nSPS) is 11.0. The first kappa shape index (κ1) is 23.0. The second-order valence-electron chi connectivity index (χ2n) is 7.31. The lowest BCUT2D eigenvalue weighted by molar-refractivity contribution is -0.113. The summed E-state index contributed by atoms with van der Waals surface area (Å²) in [4.78, 5) is 30.3. The minimum atomic E-state index is -0.177. The smallest absolute Gasteiger partial charge is 0.273 e. The van der Waals surface area contributed by atoms with E-state index < -0.39 is 0 Å². The monoisotopic (exact) mass is 480 g/mol. The van der Waals surface area contributed by atoms with Gasteiger partial charge in [0.25, 0.3) is 5.56 Å². The van der Waals surface area contributed by atoms with Gasteiger partial charge in [0.05, 0.1) is 12.4 Å². The van der Waals surface area contributed by atoms with Gasteiger partial charge in [0.2, 0.25) is 5.91 Å². The Labute approximate surface area is 200 Å². The van der Waals surface area contributed by atoms with Gasteiger partial charge in [-0.15, -0.1) is 0 Å². The van der Waals surface area contributed by atoms with Crippen LogP contribution in [-0.2, 0) is 11.3 Å². The van der Waals surface area contributed by atoms with Crippen LogP contribution in [0.3, 0.4) is 0 Å². The Balaban J connectivity index is 1.56. The van der Waals surface area contributed by atoms with Gasteiger partial charge in [0.15, 0.2) is 5.16 Å². The van der Waals surface area contributed by atoms with Crippen LogP contribution in [0.25, 0.3) is 21.5 Å². The number of aryl methyl sites for hydroxylation is 1. The molecule has 0 saturated carbocycles. The average Bonchev–Trinajstić information content (AvgIpc) is 3.24. The number of nitrogens with one attached hydrogen (secondary N) is 1. The molecule has 0 bridgehead atoms. The molecule has 0 aliphatic rings. The van der Waals surface area contributed by atoms with E-state index in [4.69, 9.17) is 9.72 Å². The Bertz CT molecular complexity index is 1330. The molecular formula is C24H24N4O3S2. The molecule has 0 unspecified atom stereocenters. The van der Waals surface area contributed by atoms with Gasteiger partial charge in [0.1, 0.15) is 21.7 Å². The van der Waals surface area contributed by atoms with E-state index in [9.17, 15) is 9.59 Å². The molecular weight excluding hydrogens is 456 g/mol. The van der Waals surface area contributed by atoms with Gasteiger partial charge in [-0.05, 0) is 56.6 Å². The van der Waals surface area contributed by atoms with Gasteiger partial charge in [-0.1, -0.05) is 41.6 Å². The van der Waals surface area contributed by atoms with Crippen molar-refractivity contribution in [3.8, 4) is 17.0 Å². The number of ether oxygens (including phenoxy) is 1. The van der Waals surface area contributed by atoms with Gasteiger partial charge in [-0.2, -0.15) is 4.37 Å². The number of carbonyl (C=O) groups excluding carboxylic acids is 1. The molecule has 33 heavy (non-hydrogen) atoms. The Morgan fingerprint density at radius 1 is 1.12 bits per heavy atom. The lowest BCUT2D eigenvalue weighted by Crippen LogP contribution is -2.22. The fourth-order valence-electron chi connectivity index (χ4n) is 3.31. The van der Waals surface area contributed by atoms with Gasteiger partial charge < -0.3 is 10.1 Å². The Kier molecular flexibility index (Phi) is 7.10. The van der Waals surface area contributed by atoms with Crippen LogP contribution in [0.4, 0.5) is 5.69 Å². The van der Waals surface area contributed by atoms with Gasteiger partial charge in [0, 0.05) is 17.8 Å². The van der Waals surface area contributed by atoms with Crippen LogP contribution in [-0.4, -0.2) is 32.2 Å². The number of benzene rings is 2. The molecule has 0 atom stereocenters. The van der Waals surface area contributed by atoms with Crippen molar-refractivity contribution in [2.75, 3.05) is 17.7 Å². The van der Waals surface area contributed by atoms with Gasteiger partial charge in [-0.25, -0.2) is 4.98 Å². The van der Waals surface area contributed by atoms with Crippen LogP contribution in [0.1, 0.15) is 19.4 Å². The lowest BCUT2D eigenvalue weighted by Gasteiger charge is -2.10. The first-order valence-electron chi connectivity index (χ1n) is 10.6. The number of rotatable bonds is 8. The zero-order chi connectivity index (χ0) is 23.4. The van der Waals surface area contributed by atoms with Crippen molar-refractivity contribution in [2.45, 2.75) is 32.5 Å². The first-order valence-corrected chi connectivity index (χ1v) is 12.4. The van der Waals surface area contributed by atoms with E-state index in [1.165, 1.54) is 11.8 Å². The largest absolute Gasteiger partial charge is 0.494 e. The van der Waals surface area contributed by atoms with Crippen LogP contribution < -0.4 is 15.6 Å². The molecule has 0 spiro atoms. The minimum Gasteiger partial charge on any atom is -0.494 e.